The summed E-state index contributed by atoms with van der Waals surface area (Å²) in [5.41, 5.74) is -2.40. The van der Waals surface area contributed by atoms with Crippen molar-refractivity contribution in [3.63, 3.8) is 0 Å². The van der Waals surface area contributed by atoms with Crippen LogP contribution in [0.15, 0.2) is 0 Å². The van der Waals surface area contributed by atoms with E-state index in [0.29, 0.717) is 6.42 Å². The van der Waals surface area contributed by atoms with E-state index in [1.807, 2.05) is 20.8 Å². The average Bonchev–Trinajstić information content (AvgIpc) is 2.51. The molecule has 0 aliphatic carbocycles. The molecule has 30 heavy (non-hydrogen) atoms. The molecule has 0 radical (unpaired) electrons. The highest BCUT2D eigenvalue weighted by Crippen LogP contribution is 2.54. The Morgan fingerprint density at radius 3 is 1.53 bits per heavy atom. The van der Waals surface area contributed by atoms with Gasteiger partial charge in [0.2, 0.25) is 0 Å². The van der Waals surface area contributed by atoms with Gasteiger partial charge in [-0.3, -0.25) is 4.79 Å². The van der Waals surface area contributed by atoms with Crippen LogP contribution in [0.2, 0.25) is 0 Å². The molecule has 0 aliphatic rings. The van der Waals surface area contributed by atoms with Crippen molar-refractivity contribution in [2.45, 2.75) is 91.7 Å². The van der Waals surface area contributed by atoms with Gasteiger partial charge in [-0.1, -0.05) is 48.0 Å². The Hall–Kier alpha value is -1.16. The van der Waals surface area contributed by atoms with E-state index in [1.165, 1.54) is 6.92 Å². The fourth-order valence-corrected chi connectivity index (χ4v) is 2.72. The predicted octanol–water partition coefficient (Wildman–Crippen LogP) is 7.27. The summed E-state index contributed by atoms with van der Waals surface area (Å²) in [6, 6.07) is 0. The number of carbonyl (C=O) groups is 1. The number of hydrogen-bond donors (Lipinski definition) is 0. The maximum atomic E-state index is 13.6. The van der Waals surface area contributed by atoms with Crippen LogP contribution >= 0.6 is 0 Å². The summed E-state index contributed by atoms with van der Waals surface area (Å²) in [6.45, 7) is 10.6. The van der Waals surface area contributed by atoms with E-state index in [-0.39, 0.29) is 11.8 Å². The Morgan fingerprint density at radius 2 is 1.20 bits per heavy atom. The Bertz CT molecular complexity index is 604. The molecular formula is C19H29F9O2. The van der Waals surface area contributed by atoms with Gasteiger partial charge in [0.15, 0.2) is 0 Å². The molecule has 0 bridgehead atoms. The first kappa shape index (κ1) is 28.8. The van der Waals surface area contributed by atoms with Gasteiger partial charge in [0.05, 0.1) is 18.4 Å². The second-order valence-electron chi connectivity index (χ2n) is 9.51. The number of halogens is 9. The van der Waals surface area contributed by atoms with E-state index in [9.17, 15) is 44.3 Å². The number of carbonyl (C=O) groups excluding carboxylic acids is 1. The van der Waals surface area contributed by atoms with Gasteiger partial charge in [0.1, 0.15) is 0 Å². The van der Waals surface area contributed by atoms with E-state index in [1.54, 1.807) is 20.8 Å². The fraction of sp³-hybridized carbons (Fsp3) is 0.947. The molecule has 180 valence electrons. The van der Waals surface area contributed by atoms with Crippen molar-refractivity contribution in [3.05, 3.63) is 0 Å². The number of hydrogen-bond acceptors (Lipinski definition) is 2. The van der Waals surface area contributed by atoms with Crippen LogP contribution in [0.3, 0.4) is 0 Å². The van der Waals surface area contributed by atoms with Crippen LogP contribution in [0.4, 0.5) is 39.5 Å². The van der Waals surface area contributed by atoms with E-state index >= 15 is 0 Å². The lowest BCUT2D eigenvalue weighted by molar-refractivity contribution is -0.397. The summed E-state index contributed by atoms with van der Waals surface area (Å²) >= 11 is 0. The topological polar surface area (TPSA) is 26.3 Å². The van der Waals surface area contributed by atoms with Gasteiger partial charge in [0.25, 0.3) is 0 Å². The highest BCUT2D eigenvalue weighted by Gasteiger charge is 2.81. The quantitative estimate of drug-likeness (QED) is 0.267. The molecule has 0 aliphatic heterocycles. The normalized spacial score (nSPS) is 16.9. The molecule has 1 unspecified atom stereocenters. The molecule has 1 atom stereocenters. The van der Waals surface area contributed by atoms with Crippen molar-refractivity contribution in [3.8, 4) is 0 Å². The van der Waals surface area contributed by atoms with Crippen molar-refractivity contribution in [2.75, 3.05) is 6.61 Å². The number of esters is 1. The molecule has 0 saturated carbocycles. The fourth-order valence-electron chi connectivity index (χ4n) is 2.72. The third kappa shape index (κ3) is 5.55. The minimum Gasteiger partial charge on any atom is -0.465 e. The average molecular weight is 460 g/mol. The molecule has 0 amide bonds. The van der Waals surface area contributed by atoms with E-state index in [2.05, 4.69) is 4.74 Å². The van der Waals surface area contributed by atoms with Gasteiger partial charge in [-0.25, -0.2) is 0 Å². The molecule has 0 saturated heterocycles. The predicted molar refractivity (Wildman–Crippen MR) is 92.7 cm³/mol. The van der Waals surface area contributed by atoms with E-state index in [0.717, 1.165) is 0 Å². The molecule has 0 spiro atoms. The molecule has 0 rings (SSSR count). The third-order valence-corrected chi connectivity index (χ3v) is 5.75. The Balaban J connectivity index is 5.51. The molecule has 11 heteroatoms. The zero-order chi connectivity index (χ0) is 24.6. The Morgan fingerprint density at radius 1 is 0.767 bits per heavy atom. The van der Waals surface area contributed by atoms with Crippen LogP contribution in [0.5, 0.6) is 0 Å². The molecule has 0 heterocycles. The van der Waals surface area contributed by atoms with E-state index in [4.69, 9.17) is 0 Å². The minimum absolute atomic E-state index is 0.234. The highest BCUT2D eigenvalue weighted by molar-refractivity contribution is 5.77. The van der Waals surface area contributed by atoms with Crippen molar-refractivity contribution < 1.29 is 49.0 Å². The van der Waals surface area contributed by atoms with Crippen molar-refractivity contribution in [1.82, 2.24) is 0 Å². The van der Waals surface area contributed by atoms with Crippen LogP contribution in [-0.2, 0) is 9.53 Å². The van der Waals surface area contributed by atoms with E-state index < -0.39 is 53.8 Å². The molecular weight excluding hydrogens is 431 g/mol. The second kappa shape index (κ2) is 8.41. The highest BCUT2D eigenvalue weighted by atomic mass is 19.4. The van der Waals surface area contributed by atoms with Crippen LogP contribution in [0, 0.1) is 16.2 Å². The first-order valence-electron chi connectivity index (χ1n) is 9.27. The zero-order valence-corrected chi connectivity index (χ0v) is 18.0. The largest absolute Gasteiger partial charge is 0.465 e. The summed E-state index contributed by atoms with van der Waals surface area (Å²) in [6.07, 6.45) is -8.21. The summed E-state index contributed by atoms with van der Waals surface area (Å²) in [7, 11) is 0. The van der Waals surface area contributed by atoms with Crippen LogP contribution in [0.25, 0.3) is 0 Å². The van der Waals surface area contributed by atoms with Crippen LogP contribution < -0.4 is 0 Å². The lowest BCUT2D eigenvalue weighted by Gasteiger charge is -2.44. The second-order valence-corrected chi connectivity index (χ2v) is 9.51. The summed E-state index contributed by atoms with van der Waals surface area (Å²) in [5.74, 6) is -20.5. The first-order chi connectivity index (χ1) is 12.9. The molecule has 2 nitrogen and oxygen atoms in total. The Labute approximate surface area is 170 Å². The summed E-state index contributed by atoms with van der Waals surface area (Å²) in [5, 5.41) is 0. The molecule has 0 aromatic rings. The number of rotatable bonds is 9. The van der Waals surface area contributed by atoms with Crippen molar-refractivity contribution >= 4 is 5.97 Å². The van der Waals surface area contributed by atoms with Crippen LogP contribution in [0.1, 0.15) is 67.7 Å². The molecule has 0 fully saturated rings. The zero-order valence-electron chi connectivity index (χ0n) is 18.0. The van der Waals surface area contributed by atoms with Crippen molar-refractivity contribution in [2.24, 2.45) is 16.2 Å². The maximum absolute atomic E-state index is 13.6. The van der Waals surface area contributed by atoms with Crippen molar-refractivity contribution in [1.29, 1.82) is 0 Å². The van der Waals surface area contributed by atoms with Gasteiger partial charge >= 0.3 is 29.9 Å². The van der Waals surface area contributed by atoms with Gasteiger partial charge < -0.3 is 4.74 Å². The van der Waals surface area contributed by atoms with Gasteiger partial charge in [-0.05, 0) is 24.2 Å². The summed E-state index contributed by atoms with van der Waals surface area (Å²) in [4.78, 5) is 12.6. The summed E-state index contributed by atoms with van der Waals surface area (Å²) < 4.78 is 121. The Kier molecular flexibility index (Phi) is 8.08. The third-order valence-electron chi connectivity index (χ3n) is 5.75. The standard InChI is InChI=1S/C19H29F9O2/c1-8-14(5,6)11-15(7,13(2,3)4)12(29)30-10-9-16(20,21)17(22,23)18(24,25)19(26,27)28/h8-11H2,1-7H3. The van der Waals surface area contributed by atoms with Gasteiger partial charge in [-0.15, -0.1) is 0 Å². The lowest BCUT2D eigenvalue weighted by atomic mass is 9.60. The van der Waals surface area contributed by atoms with Gasteiger partial charge in [0, 0.05) is 0 Å². The lowest BCUT2D eigenvalue weighted by Crippen LogP contribution is -2.61. The van der Waals surface area contributed by atoms with Gasteiger partial charge in [-0.2, -0.15) is 39.5 Å². The van der Waals surface area contributed by atoms with Crippen LogP contribution in [-0.4, -0.2) is 36.5 Å². The first-order valence-corrected chi connectivity index (χ1v) is 9.27. The number of ether oxygens (including phenoxy) is 1. The molecule has 0 N–H and O–H groups in total. The smallest absolute Gasteiger partial charge is 0.460 e. The molecule has 0 aromatic heterocycles. The SMILES string of the molecule is CCC(C)(C)CC(C)(C(=O)OCCC(F)(F)C(F)(F)C(F)(F)C(F)(F)F)C(C)(C)C. The minimum atomic E-state index is -6.96. The maximum Gasteiger partial charge on any atom is 0.460 e. The monoisotopic (exact) mass is 460 g/mol. The number of alkyl halides is 9. The molecule has 0 aromatic carbocycles.